The van der Waals surface area contributed by atoms with Crippen molar-refractivity contribution in [1.82, 2.24) is 19.2 Å². The van der Waals surface area contributed by atoms with E-state index in [2.05, 4.69) is 39.1 Å². The summed E-state index contributed by atoms with van der Waals surface area (Å²) in [5.41, 5.74) is 3.60. The lowest BCUT2D eigenvalue weighted by Crippen LogP contribution is -2.50. The molecule has 0 spiro atoms. The van der Waals surface area contributed by atoms with Crippen LogP contribution in [-0.2, 0) is 16.4 Å². The maximum atomic E-state index is 13.1. The van der Waals surface area contributed by atoms with Crippen molar-refractivity contribution in [1.29, 1.82) is 0 Å². The molecule has 1 unspecified atom stereocenters. The Bertz CT molecular complexity index is 1210. The van der Waals surface area contributed by atoms with Crippen LogP contribution in [0.25, 0.3) is 11.0 Å². The molecule has 0 amide bonds. The quantitative estimate of drug-likeness (QED) is 0.690. The second-order valence-corrected chi connectivity index (χ2v) is 9.77. The smallest absolute Gasteiger partial charge is 0.306 e. The molecule has 152 valence electrons. The van der Waals surface area contributed by atoms with Crippen LogP contribution in [-0.4, -0.2) is 53.8 Å². The van der Waals surface area contributed by atoms with Gasteiger partial charge >= 0.3 is 5.69 Å². The number of sulfonamides is 1. The lowest BCUT2D eigenvalue weighted by Gasteiger charge is -2.41. The summed E-state index contributed by atoms with van der Waals surface area (Å²) in [6.45, 7) is 2.40. The van der Waals surface area contributed by atoms with Crippen LogP contribution in [0.1, 0.15) is 30.0 Å². The van der Waals surface area contributed by atoms with Crippen molar-refractivity contribution >= 4 is 21.1 Å². The SMILES string of the molecule is O=c1[nH]c2ccc(S(=O)(=O)N3CCN(C4CCCc5ccccc54)CC3)cc2[nH]1. The van der Waals surface area contributed by atoms with E-state index in [4.69, 9.17) is 0 Å². The monoisotopic (exact) mass is 412 g/mol. The lowest BCUT2D eigenvalue weighted by atomic mass is 9.86. The van der Waals surface area contributed by atoms with Crippen molar-refractivity contribution in [3.8, 4) is 0 Å². The number of aromatic amines is 2. The Morgan fingerprint density at radius 3 is 2.52 bits per heavy atom. The molecule has 2 aromatic carbocycles. The van der Waals surface area contributed by atoms with Crippen LogP contribution in [0.5, 0.6) is 0 Å². The summed E-state index contributed by atoms with van der Waals surface area (Å²) in [7, 11) is -3.59. The third-order valence-electron chi connectivity index (χ3n) is 6.18. The number of hydrogen-bond donors (Lipinski definition) is 2. The number of imidazole rings is 1. The van der Waals surface area contributed by atoms with Gasteiger partial charge in [-0.15, -0.1) is 0 Å². The van der Waals surface area contributed by atoms with Crippen LogP contribution in [0.15, 0.2) is 52.2 Å². The van der Waals surface area contributed by atoms with Gasteiger partial charge in [-0.2, -0.15) is 4.31 Å². The zero-order valence-electron chi connectivity index (χ0n) is 16.1. The van der Waals surface area contributed by atoms with Crippen LogP contribution in [0.2, 0.25) is 0 Å². The molecule has 1 fully saturated rings. The van der Waals surface area contributed by atoms with Crippen molar-refractivity contribution in [3.63, 3.8) is 0 Å². The number of aromatic nitrogens is 2. The number of aryl methyl sites for hydroxylation is 1. The number of piperazine rings is 1. The van der Waals surface area contributed by atoms with E-state index in [9.17, 15) is 13.2 Å². The predicted octanol–water partition coefficient (Wildman–Crippen LogP) is 2.24. The van der Waals surface area contributed by atoms with Gasteiger partial charge in [0.1, 0.15) is 0 Å². The van der Waals surface area contributed by atoms with Gasteiger partial charge in [-0.05, 0) is 48.6 Å². The fourth-order valence-electron chi connectivity index (χ4n) is 4.68. The summed E-state index contributed by atoms with van der Waals surface area (Å²) in [5.74, 6) is 0. The Morgan fingerprint density at radius 2 is 1.69 bits per heavy atom. The minimum absolute atomic E-state index is 0.219. The highest BCUT2D eigenvalue weighted by molar-refractivity contribution is 7.89. The number of nitrogens with one attached hydrogen (secondary N) is 2. The first-order valence-corrected chi connectivity index (χ1v) is 11.5. The molecular weight excluding hydrogens is 388 g/mol. The van der Waals surface area contributed by atoms with Crippen molar-refractivity contribution in [2.24, 2.45) is 0 Å². The summed E-state index contributed by atoms with van der Waals surface area (Å²) >= 11 is 0. The second-order valence-electron chi connectivity index (χ2n) is 7.83. The van der Waals surface area contributed by atoms with Gasteiger partial charge in [0.15, 0.2) is 0 Å². The van der Waals surface area contributed by atoms with Gasteiger partial charge in [0.05, 0.1) is 15.9 Å². The second kappa shape index (κ2) is 7.12. The Balaban J connectivity index is 1.34. The molecule has 0 radical (unpaired) electrons. The number of rotatable bonds is 3. The van der Waals surface area contributed by atoms with E-state index in [1.807, 2.05) is 0 Å². The molecule has 2 heterocycles. The molecule has 0 bridgehead atoms. The molecule has 1 aliphatic heterocycles. The topological polar surface area (TPSA) is 89.3 Å². The molecule has 5 rings (SSSR count). The third kappa shape index (κ3) is 3.31. The first-order chi connectivity index (χ1) is 14.0. The maximum Gasteiger partial charge on any atom is 0.323 e. The highest BCUT2D eigenvalue weighted by atomic mass is 32.2. The highest BCUT2D eigenvalue weighted by Crippen LogP contribution is 2.35. The molecule has 29 heavy (non-hydrogen) atoms. The van der Waals surface area contributed by atoms with Gasteiger partial charge in [-0.1, -0.05) is 24.3 Å². The summed E-state index contributed by atoms with van der Waals surface area (Å²) in [4.78, 5) is 19.4. The molecule has 0 saturated carbocycles. The molecular formula is C21H24N4O3S. The molecule has 3 aromatic rings. The standard InChI is InChI=1S/C21H24N4O3S/c26-21-22-18-9-8-16(14-19(18)23-21)29(27,28)25-12-10-24(11-13-25)20-7-3-5-15-4-1-2-6-17(15)20/h1-2,4,6,8-9,14,20H,3,5,7,10-13H2,(H2,22,23,26). The molecule has 2 aliphatic rings. The van der Waals surface area contributed by atoms with E-state index in [0.717, 1.165) is 25.9 Å². The zero-order chi connectivity index (χ0) is 20.0. The first kappa shape index (κ1) is 18.6. The van der Waals surface area contributed by atoms with Gasteiger partial charge in [-0.3, -0.25) is 4.90 Å². The summed E-state index contributed by atoms with van der Waals surface area (Å²) < 4.78 is 27.8. The minimum atomic E-state index is -3.59. The Kier molecular flexibility index (Phi) is 4.57. The number of H-pyrrole nitrogens is 2. The number of benzene rings is 2. The normalized spacial score (nSPS) is 21.3. The molecule has 1 atom stereocenters. The van der Waals surface area contributed by atoms with Crippen LogP contribution in [0, 0.1) is 0 Å². The molecule has 8 heteroatoms. The van der Waals surface area contributed by atoms with E-state index >= 15 is 0 Å². The first-order valence-electron chi connectivity index (χ1n) is 10.1. The van der Waals surface area contributed by atoms with E-state index < -0.39 is 10.0 Å². The largest absolute Gasteiger partial charge is 0.323 e. The summed E-state index contributed by atoms with van der Waals surface area (Å²) in [6, 6.07) is 13.7. The van der Waals surface area contributed by atoms with Gasteiger partial charge in [0.2, 0.25) is 10.0 Å². The van der Waals surface area contributed by atoms with E-state index in [1.165, 1.54) is 23.6 Å². The highest BCUT2D eigenvalue weighted by Gasteiger charge is 2.33. The van der Waals surface area contributed by atoms with Gasteiger partial charge in [-0.25, -0.2) is 13.2 Å². The van der Waals surface area contributed by atoms with Crippen molar-refractivity contribution < 1.29 is 8.42 Å². The maximum absolute atomic E-state index is 13.1. The fraction of sp³-hybridized carbons (Fsp3) is 0.381. The van der Waals surface area contributed by atoms with E-state index in [0.29, 0.717) is 30.2 Å². The Labute approximate surface area is 169 Å². The third-order valence-corrected chi connectivity index (χ3v) is 8.07. The Hall–Kier alpha value is -2.42. The molecule has 1 aromatic heterocycles. The van der Waals surface area contributed by atoms with E-state index in [1.54, 1.807) is 16.4 Å². The van der Waals surface area contributed by atoms with Crippen LogP contribution in [0.3, 0.4) is 0 Å². The van der Waals surface area contributed by atoms with Crippen LogP contribution in [0.4, 0.5) is 0 Å². The van der Waals surface area contributed by atoms with Crippen LogP contribution >= 0.6 is 0 Å². The molecule has 2 N–H and O–H groups in total. The molecule has 1 aliphatic carbocycles. The predicted molar refractivity (Wildman–Crippen MR) is 111 cm³/mol. The van der Waals surface area contributed by atoms with Crippen molar-refractivity contribution in [3.05, 3.63) is 64.1 Å². The zero-order valence-corrected chi connectivity index (χ0v) is 16.9. The number of hydrogen-bond acceptors (Lipinski definition) is 4. The van der Waals surface area contributed by atoms with Crippen molar-refractivity contribution in [2.45, 2.75) is 30.2 Å². The van der Waals surface area contributed by atoms with Gasteiger partial charge in [0, 0.05) is 32.2 Å². The summed E-state index contributed by atoms with van der Waals surface area (Å²) in [5, 5.41) is 0. The number of fused-ring (bicyclic) bond motifs is 2. The van der Waals surface area contributed by atoms with Crippen LogP contribution < -0.4 is 5.69 Å². The summed E-state index contributed by atoms with van der Waals surface area (Å²) in [6.07, 6.45) is 3.43. The minimum Gasteiger partial charge on any atom is -0.306 e. The lowest BCUT2D eigenvalue weighted by molar-refractivity contribution is 0.125. The van der Waals surface area contributed by atoms with Crippen molar-refractivity contribution in [2.75, 3.05) is 26.2 Å². The molecule has 1 saturated heterocycles. The average molecular weight is 413 g/mol. The van der Waals surface area contributed by atoms with Gasteiger partial charge < -0.3 is 9.97 Å². The molecule has 7 nitrogen and oxygen atoms in total. The fourth-order valence-corrected chi connectivity index (χ4v) is 6.13. The average Bonchev–Trinajstić information content (AvgIpc) is 3.12. The van der Waals surface area contributed by atoms with E-state index in [-0.39, 0.29) is 10.6 Å². The Morgan fingerprint density at radius 1 is 0.931 bits per heavy atom. The number of nitrogens with zero attached hydrogens (tertiary/aromatic N) is 2. The van der Waals surface area contributed by atoms with Gasteiger partial charge in [0.25, 0.3) is 0 Å².